The molecule has 0 unspecified atom stereocenters. The van der Waals surface area contributed by atoms with Gasteiger partial charge in [0.15, 0.2) is 0 Å². The second-order valence-corrected chi connectivity index (χ2v) is 9.22. The molecule has 2 heterocycles. The highest BCUT2D eigenvalue weighted by Crippen LogP contribution is 2.28. The van der Waals surface area contributed by atoms with E-state index in [1.54, 1.807) is 36.7 Å². The van der Waals surface area contributed by atoms with Crippen LogP contribution in [0.3, 0.4) is 0 Å². The molecule has 5 nitrogen and oxygen atoms in total. The number of amides is 2. The average Bonchev–Trinajstić information content (AvgIpc) is 3.25. The third-order valence-corrected chi connectivity index (χ3v) is 6.38. The molecular weight excluding hydrogens is 448 g/mol. The summed E-state index contributed by atoms with van der Waals surface area (Å²) < 4.78 is 29.2. The zero-order valence-electron chi connectivity index (χ0n) is 19.8. The summed E-state index contributed by atoms with van der Waals surface area (Å²) in [5.41, 5.74) is 2.68. The van der Waals surface area contributed by atoms with Crippen molar-refractivity contribution in [3.8, 4) is 0 Å². The Morgan fingerprint density at radius 2 is 1.77 bits per heavy atom. The Morgan fingerprint density at radius 1 is 1.06 bits per heavy atom. The molecule has 35 heavy (non-hydrogen) atoms. The summed E-state index contributed by atoms with van der Waals surface area (Å²) >= 11 is 0. The summed E-state index contributed by atoms with van der Waals surface area (Å²) in [6, 6.07) is 16.0. The van der Waals surface area contributed by atoms with E-state index in [4.69, 9.17) is 0 Å². The van der Waals surface area contributed by atoms with Gasteiger partial charge >= 0.3 is 0 Å². The van der Waals surface area contributed by atoms with E-state index in [0.29, 0.717) is 11.1 Å². The lowest BCUT2D eigenvalue weighted by Gasteiger charge is -2.27. The summed E-state index contributed by atoms with van der Waals surface area (Å²) in [6.45, 7) is 3.70. The Bertz CT molecular complexity index is 1170. The molecule has 3 aromatic rings. The van der Waals surface area contributed by atoms with Crippen molar-refractivity contribution in [1.29, 1.82) is 0 Å². The molecule has 0 saturated carbocycles. The Morgan fingerprint density at radius 3 is 2.43 bits per heavy atom. The first kappa shape index (κ1) is 24.5. The van der Waals surface area contributed by atoms with Crippen LogP contribution in [0, 0.1) is 5.82 Å². The normalized spacial score (nSPS) is 18.5. The average molecular weight is 478 g/mol. The van der Waals surface area contributed by atoms with Gasteiger partial charge in [-0.15, -0.1) is 0 Å². The highest BCUT2D eigenvalue weighted by molar-refractivity contribution is 5.89. The quantitative estimate of drug-likeness (QED) is 0.535. The van der Waals surface area contributed by atoms with Crippen LogP contribution in [0.15, 0.2) is 73.1 Å². The number of hydrogen-bond acceptors (Lipinski definition) is 3. The van der Waals surface area contributed by atoms with Crippen LogP contribution >= 0.6 is 0 Å². The van der Waals surface area contributed by atoms with E-state index >= 15 is 0 Å². The molecule has 0 spiro atoms. The fourth-order valence-corrected chi connectivity index (χ4v) is 4.52. The fourth-order valence-electron chi connectivity index (χ4n) is 4.52. The monoisotopic (exact) mass is 477 g/mol. The number of benzene rings is 2. The zero-order valence-corrected chi connectivity index (χ0v) is 19.8. The van der Waals surface area contributed by atoms with Crippen molar-refractivity contribution in [3.63, 3.8) is 0 Å². The predicted octanol–water partition coefficient (Wildman–Crippen LogP) is 4.73. The summed E-state index contributed by atoms with van der Waals surface area (Å²) in [4.78, 5) is 31.6. The number of carbonyl (C=O) groups excluding carboxylic acids is 2. The lowest BCUT2D eigenvalue weighted by atomic mass is 9.94. The van der Waals surface area contributed by atoms with Crippen molar-refractivity contribution in [1.82, 2.24) is 15.2 Å². The second-order valence-electron chi connectivity index (χ2n) is 9.22. The van der Waals surface area contributed by atoms with Gasteiger partial charge in [0, 0.05) is 18.8 Å². The maximum absolute atomic E-state index is 14.8. The van der Waals surface area contributed by atoms with Gasteiger partial charge in [0.2, 0.25) is 11.8 Å². The Balaban J connectivity index is 1.58. The van der Waals surface area contributed by atoms with Crippen LogP contribution in [-0.4, -0.2) is 40.5 Å². The number of hydrogen-bond donors (Lipinski definition) is 1. The summed E-state index contributed by atoms with van der Waals surface area (Å²) in [7, 11) is 0. The maximum Gasteiger partial charge on any atom is 0.243 e. The molecular formula is C28H29F2N3O2. The smallest absolute Gasteiger partial charge is 0.243 e. The van der Waals surface area contributed by atoms with Gasteiger partial charge in [0.25, 0.3) is 0 Å². The van der Waals surface area contributed by atoms with Crippen LogP contribution in [0.4, 0.5) is 8.78 Å². The van der Waals surface area contributed by atoms with E-state index in [1.165, 1.54) is 11.0 Å². The fraction of sp³-hybridized carbons (Fsp3) is 0.321. The molecule has 0 bridgehead atoms. The molecule has 1 aliphatic heterocycles. The third-order valence-electron chi connectivity index (χ3n) is 6.38. The second kappa shape index (κ2) is 10.8. The van der Waals surface area contributed by atoms with E-state index in [1.807, 2.05) is 44.2 Å². The minimum atomic E-state index is -1.29. The van der Waals surface area contributed by atoms with Crippen molar-refractivity contribution in [3.05, 3.63) is 101 Å². The van der Waals surface area contributed by atoms with Gasteiger partial charge in [-0.05, 0) is 46.4 Å². The third kappa shape index (κ3) is 5.73. The van der Waals surface area contributed by atoms with Gasteiger partial charge in [0.1, 0.15) is 18.0 Å². The molecule has 4 rings (SSSR count). The molecule has 2 amide bonds. The van der Waals surface area contributed by atoms with Crippen LogP contribution in [-0.2, 0) is 16.0 Å². The Kier molecular flexibility index (Phi) is 7.54. The van der Waals surface area contributed by atoms with Gasteiger partial charge in [-0.3, -0.25) is 14.6 Å². The van der Waals surface area contributed by atoms with Crippen molar-refractivity contribution in [2.45, 2.75) is 50.9 Å². The molecule has 182 valence electrons. The van der Waals surface area contributed by atoms with E-state index in [2.05, 4.69) is 10.3 Å². The number of nitrogens with zero attached hydrogens (tertiary/aromatic N) is 2. The number of pyridine rings is 1. The highest BCUT2D eigenvalue weighted by Gasteiger charge is 2.40. The summed E-state index contributed by atoms with van der Waals surface area (Å²) in [6.07, 6.45) is 1.87. The SMILES string of the molecule is CC(C)c1ccc([C@@H](NC(=O)[C@@H]2C[C@@H](F)CN2C(=O)Cc2ccncc2)c2ccccc2)cc1F. The topological polar surface area (TPSA) is 62.3 Å². The van der Waals surface area contributed by atoms with Crippen LogP contribution in [0.2, 0.25) is 0 Å². The molecule has 0 aliphatic carbocycles. The van der Waals surface area contributed by atoms with Crippen LogP contribution in [0.25, 0.3) is 0 Å². The van der Waals surface area contributed by atoms with Crippen LogP contribution in [0.5, 0.6) is 0 Å². The molecule has 1 aromatic heterocycles. The van der Waals surface area contributed by atoms with Crippen molar-refractivity contribution in [2.24, 2.45) is 0 Å². The molecule has 1 N–H and O–H groups in total. The van der Waals surface area contributed by atoms with E-state index in [-0.39, 0.29) is 37.0 Å². The first-order valence-corrected chi connectivity index (χ1v) is 11.8. The highest BCUT2D eigenvalue weighted by atomic mass is 19.1. The van der Waals surface area contributed by atoms with Gasteiger partial charge in [-0.1, -0.05) is 56.3 Å². The minimum absolute atomic E-state index is 0.0220. The number of carbonyl (C=O) groups is 2. The Hall–Kier alpha value is -3.61. The molecule has 1 saturated heterocycles. The molecule has 3 atom stereocenters. The molecule has 1 fully saturated rings. The lowest BCUT2D eigenvalue weighted by molar-refractivity contribution is -0.138. The van der Waals surface area contributed by atoms with Crippen LogP contribution in [0.1, 0.15) is 54.5 Å². The predicted molar refractivity (Wildman–Crippen MR) is 130 cm³/mol. The summed E-state index contributed by atoms with van der Waals surface area (Å²) in [5, 5.41) is 2.96. The van der Waals surface area contributed by atoms with Gasteiger partial charge < -0.3 is 10.2 Å². The molecule has 2 aromatic carbocycles. The number of halogens is 2. The first-order chi connectivity index (χ1) is 16.8. The largest absolute Gasteiger partial charge is 0.343 e. The number of aromatic nitrogens is 1. The standard InChI is InChI=1S/C28H29F2N3O2/c1-18(2)23-9-8-21(15-24(23)30)27(20-6-4-3-5-7-20)32-28(35)25-16-22(29)17-33(25)26(34)14-19-10-12-31-13-11-19/h3-13,15,18,22,25,27H,14,16-17H2,1-2H3,(H,32,35)/t22-,25+,27+/m1/s1. The van der Waals surface area contributed by atoms with Crippen molar-refractivity contribution >= 4 is 11.8 Å². The molecule has 7 heteroatoms. The van der Waals surface area contributed by atoms with Gasteiger partial charge in [-0.25, -0.2) is 8.78 Å². The minimum Gasteiger partial charge on any atom is -0.343 e. The van der Waals surface area contributed by atoms with E-state index in [9.17, 15) is 18.4 Å². The molecule has 0 radical (unpaired) electrons. The molecule has 1 aliphatic rings. The number of alkyl halides is 1. The van der Waals surface area contributed by atoms with E-state index < -0.39 is 24.2 Å². The lowest BCUT2D eigenvalue weighted by Crippen LogP contribution is -2.47. The van der Waals surface area contributed by atoms with Gasteiger partial charge in [-0.2, -0.15) is 0 Å². The Labute approximate surface area is 204 Å². The van der Waals surface area contributed by atoms with Crippen molar-refractivity contribution < 1.29 is 18.4 Å². The van der Waals surface area contributed by atoms with Crippen molar-refractivity contribution in [2.75, 3.05) is 6.54 Å². The summed E-state index contributed by atoms with van der Waals surface area (Å²) in [5.74, 6) is -1.10. The van der Waals surface area contributed by atoms with E-state index in [0.717, 1.165) is 11.1 Å². The van der Waals surface area contributed by atoms with Crippen LogP contribution < -0.4 is 5.32 Å². The number of nitrogens with one attached hydrogen (secondary N) is 1. The number of likely N-dealkylation sites (tertiary alicyclic amines) is 1. The first-order valence-electron chi connectivity index (χ1n) is 11.8. The zero-order chi connectivity index (χ0) is 24.9. The van der Waals surface area contributed by atoms with Gasteiger partial charge in [0.05, 0.1) is 19.0 Å². The maximum atomic E-state index is 14.8. The number of rotatable bonds is 7.